The number of amides is 2. The van der Waals surface area contributed by atoms with Crippen LogP contribution in [0.5, 0.6) is 0 Å². The van der Waals surface area contributed by atoms with E-state index >= 15 is 0 Å². The second kappa shape index (κ2) is 8.76. The van der Waals surface area contributed by atoms with Gasteiger partial charge in [-0.05, 0) is 37.1 Å². The monoisotopic (exact) mass is 328 g/mol. The number of piperidine rings is 1. The molecule has 1 heterocycles. The Morgan fingerprint density at radius 1 is 1.17 bits per heavy atom. The summed E-state index contributed by atoms with van der Waals surface area (Å²) in [6.07, 6.45) is 1.02. The molecule has 1 fully saturated rings. The van der Waals surface area contributed by atoms with E-state index < -0.39 is 5.97 Å². The molecule has 1 aromatic carbocycles. The van der Waals surface area contributed by atoms with Crippen LogP contribution in [-0.4, -0.2) is 66.2 Å². The van der Waals surface area contributed by atoms with Gasteiger partial charge in [-0.1, -0.05) is 0 Å². The molecule has 0 bridgehead atoms. The molecule has 7 nitrogen and oxygen atoms in total. The van der Waals surface area contributed by atoms with E-state index in [-0.39, 0.29) is 43.9 Å². The van der Waals surface area contributed by atoms with Crippen LogP contribution in [-0.2, 0) is 4.74 Å². The Hall–Kier alpha value is -1.97. The summed E-state index contributed by atoms with van der Waals surface area (Å²) in [5, 5.41) is 8.88. The van der Waals surface area contributed by atoms with Gasteiger partial charge in [-0.15, -0.1) is 0 Å². The smallest absolute Gasteiger partial charge is 1.00 e. The fourth-order valence-electron chi connectivity index (χ4n) is 2.69. The summed E-state index contributed by atoms with van der Waals surface area (Å²) in [5.74, 6) is -1.18. The number of carboxylic acids is 1. The van der Waals surface area contributed by atoms with Crippen molar-refractivity contribution in [1.29, 1.82) is 0 Å². The van der Waals surface area contributed by atoms with Gasteiger partial charge >= 0.3 is 30.9 Å². The second-order valence-corrected chi connectivity index (χ2v) is 5.49. The normalized spacial score (nSPS) is 14.5. The van der Waals surface area contributed by atoms with E-state index in [1.807, 2.05) is 0 Å². The molecular formula is C16H21LiN2O5. The minimum Gasteiger partial charge on any atom is -1.00 e. The maximum absolute atomic E-state index is 12.5. The van der Waals surface area contributed by atoms with E-state index in [9.17, 15) is 14.4 Å². The first-order valence-corrected chi connectivity index (χ1v) is 7.37. The molecule has 1 aliphatic heterocycles. The SMILES string of the molecule is COC(=O)N1CCC(N(C)C(=O)c2ccc(C(=O)O)cc2)CC1.[H-].[Li+]. The van der Waals surface area contributed by atoms with Crippen molar-refractivity contribution in [2.45, 2.75) is 18.9 Å². The van der Waals surface area contributed by atoms with Crippen LogP contribution in [0.25, 0.3) is 0 Å². The van der Waals surface area contributed by atoms with Crippen molar-refractivity contribution in [3.05, 3.63) is 35.4 Å². The summed E-state index contributed by atoms with van der Waals surface area (Å²) in [5.41, 5.74) is 0.600. The van der Waals surface area contributed by atoms with Crippen LogP contribution in [0.2, 0.25) is 0 Å². The molecule has 24 heavy (non-hydrogen) atoms. The Balaban J connectivity index is 0.00000288. The topological polar surface area (TPSA) is 87.2 Å². The molecule has 0 unspecified atom stereocenters. The van der Waals surface area contributed by atoms with E-state index in [4.69, 9.17) is 9.84 Å². The molecule has 1 N–H and O–H groups in total. The minimum absolute atomic E-state index is 0. The molecule has 0 atom stereocenters. The molecule has 0 saturated carbocycles. The molecule has 8 heteroatoms. The summed E-state index contributed by atoms with van der Waals surface area (Å²) in [6, 6.07) is 5.92. The van der Waals surface area contributed by atoms with Gasteiger partial charge < -0.3 is 21.1 Å². The van der Waals surface area contributed by atoms with Gasteiger partial charge in [0.05, 0.1) is 12.7 Å². The third-order valence-corrected chi connectivity index (χ3v) is 4.14. The number of rotatable bonds is 3. The van der Waals surface area contributed by atoms with Crippen molar-refractivity contribution in [3.63, 3.8) is 0 Å². The van der Waals surface area contributed by atoms with Gasteiger partial charge in [-0.25, -0.2) is 9.59 Å². The van der Waals surface area contributed by atoms with Gasteiger partial charge in [0, 0.05) is 31.7 Å². The average molecular weight is 328 g/mol. The number of carbonyl (C=O) groups excluding carboxylic acids is 2. The summed E-state index contributed by atoms with van der Waals surface area (Å²) in [6.45, 7) is 1.10. The molecule has 2 amide bonds. The molecule has 0 aromatic heterocycles. The van der Waals surface area contributed by atoms with E-state index in [0.29, 0.717) is 31.5 Å². The molecule has 1 aliphatic rings. The van der Waals surface area contributed by atoms with Crippen molar-refractivity contribution < 1.29 is 44.5 Å². The van der Waals surface area contributed by atoms with Crippen LogP contribution < -0.4 is 18.9 Å². The molecule has 126 valence electrons. The zero-order chi connectivity index (χ0) is 17.0. The number of likely N-dealkylation sites (tertiary alicyclic amines) is 1. The second-order valence-electron chi connectivity index (χ2n) is 5.49. The molecule has 1 saturated heterocycles. The van der Waals surface area contributed by atoms with Gasteiger partial charge in [0.1, 0.15) is 0 Å². The summed E-state index contributed by atoms with van der Waals surface area (Å²) in [7, 11) is 3.08. The molecule has 2 rings (SSSR count). The Kier molecular flexibility index (Phi) is 7.33. The van der Waals surface area contributed by atoms with Gasteiger partial charge in [0.15, 0.2) is 0 Å². The first-order chi connectivity index (χ1) is 10.9. The first kappa shape index (κ1) is 20.1. The minimum atomic E-state index is -1.02. The summed E-state index contributed by atoms with van der Waals surface area (Å²) < 4.78 is 4.69. The van der Waals surface area contributed by atoms with Gasteiger partial charge in [-0.3, -0.25) is 4.79 Å². The van der Waals surface area contributed by atoms with E-state index in [2.05, 4.69) is 0 Å². The molecule has 1 aromatic rings. The van der Waals surface area contributed by atoms with Crippen LogP contribution in [0.3, 0.4) is 0 Å². The average Bonchev–Trinajstić information content (AvgIpc) is 2.60. The van der Waals surface area contributed by atoms with Crippen molar-refractivity contribution in [1.82, 2.24) is 9.80 Å². The van der Waals surface area contributed by atoms with Crippen LogP contribution >= 0.6 is 0 Å². The van der Waals surface area contributed by atoms with Crippen molar-refractivity contribution >= 4 is 18.0 Å². The number of benzene rings is 1. The van der Waals surface area contributed by atoms with E-state index in [1.165, 1.54) is 31.4 Å². The van der Waals surface area contributed by atoms with E-state index in [0.717, 1.165) is 0 Å². The maximum atomic E-state index is 12.5. The standard InChI is InChI=1S/C16H20N2O5.Li.H/c1-17(13-7-9-18(10-8-13)16(22)23-2)14(19)11-3-5-12(6-4-11)15(20)21;;/h3-6,13H,7-10H2,1-2H3,(H,20,21);;/q;+1;-1. The Morgan fingerprint density at radius 2 is 1.67 bits per heavy atom. The molecular weight excluding hydrogens is 307 g/mol. The predicted octanol–water partition coefficient (Wildman–Crippen LogP) is -1.20. The third kappa shape index (κ3) is 4.53. The number of hydrogen-bond acceptors (Lipinski definition) is 4. The van der Waals surface area contributed by atoms with Crippen LogP contribution in [0.4, 0.5) is 4.79 Å². The number of carbonyl (C=O) groups is 3. The number of aromatic carboxylic acids is 1. The first-order valence-electron chi connectivity index (χ1n) is 7.37. The predicted molar refractivity (Wildman–Crippen MR) is 83.6 cm³/mol. The summed E-state index contributed by atoms with van der Waals surface area (Å²) >= 11 is 0. The van der Waals surface area contributed by atoms with Gasteiger partial charge in [0.25, 0.3) is 5.91 Å². The van der Waals surface area contributed by atoms with Crippen molar-refractivity contribution in [3.8, 4) is 0 Å². The number of hydrogen-bond donors (Lipinski definition) is 1. The third-order valence-electron chi connectivity index (χ3n) is 4.14. The van der Waals surface area contributed by atoms with Gasteiger partial charge in [-0.2, -0.15) is 0 Å². The number of nitrogens with zero attached hydrogens (tertiary/aromatic N) is 2. The van der Waals surface area contributed by atoms with E-state index in [1.54, 1.807) is 16.8 Å². The maximum Gasteiger partial charge on any atom is 1.00 e. The number of carboxylic acid groups (broad SMARTS) is 1. The van der Waals surface area contributed by atoms with Gasteiger partial charge in [0.2, 0.25) is 0 Å². The van der Waals surface area contributed by atoms with Crippen molar-refractivity contribution in [2.24, 2.45) is 0 Å². The fraction of sp³-hybridized carbons (Fsp3) is 0.438. The van der Waals surface area contributed by atoms with Crippen LogP contribution in [0.15, 0.2) is 24.3 Å². The quantitative estimate of drug-likeness (QED) is 0.705. The number of ether oxygens (including phenoxy) is 1. The zero-order valence-corrected chi connectivity index (χ0v) is 14.2. The van der Waals surface area contributed by atoms with Crippen LogP contribution in [0.1, 0.15) is 35.0 Å². The zero-order valence-electron chi connectivity index (χ0n) is 15.2. The largest absolute Gasteiger partial charge is 1.00 e. The summed E-state index contributed by atoms with van der Waals surface area (Å²) in [4.78, 5) is 38.0. The molecule has 0 spiro atoms. The Bertz CT molecular complexity index is 603. The number of methoxy groups -OCH3 is 1. The molecule has 0 radical (unpaired) electrons. The van der Waals surface area contributed by atoms with Crippen molar-refractivity contribution in [2.75, 3.05) is 27.2 Å². The molecule has 0 aliphatic carbocycles. The Labute approximate surface area is 154 Å². The Morgan fingerprint density at radius 3 is 2.12 bits per heavy atom. The van der Waals surface area contributed by atoms with Crippen LogP contribution in [0, 0.1) is 0 Å². The fourth-order valence-corrected chi connectivity index (χ4v) is 2.69.